The van der Waals surface area contributed by atoms with Crippen LogP contribution in [0.5, 0.6) is 0 Å². The van der Waals surface area contributed by atoms with Gasteiger partial charge in [-0.15, -0.1) is 0 Å². The van der Waals surface area contributed by atoms with Gasteiger partial charge >= 0.3 is 0 Å². The number of aromatic nitrogens is 3. The molecule has 1 aromatic carbocycles. The minimum absolute atomic E-state index is 0.0538. The van der Waals surface area contributed by atoms with Gasteiger partial charge in [-0.2, -0.15) is 0 Å². The Hall–Kier alpha value is -3.08. The quantitative estimate of drug-likeness (QED) is 0.263. The molecule has 11 heteroatoms. The van der Waals surface area contributed by atoms with Gasteiger partial charge in [-0.1, -0.05) is 11.6 Å². The summed E-state index contributed by atoms with van der Waals surface area (Å²) in [6, 6.07) is 2.73. The van der Waals surface area contributed by atoms with Crippen LogP contribution in [0.2, 0.25) is 5.02 Å². The summed E-state index contributed by atoms with van der Waals surface area (Å²) in [4.78, 5) is 26.5. The largest absolute Gasteiger partial charge is 0.384 e. The van der Waals surface area contributed by atoms with E-state index >= 15 is 4.39 Å². The van der Waals surface area contributed by atoms with E-state index < -0.39 is 5.82 Å². The van der Waals surface area contributed by atoms with Gasteiger partial charge < -0.3 is 20.4 Å². The van der Waals surface area contributed by atoms with Gasteiger partial charge in [-0.05, 0) is 38.9 Å². The lowest BCUT2D eigenvalue weighted by Gasteiger charge is -2.26. The van der Waals surface area contributed by atoms with Crippen molar-refractivity contribution in [2.24, 2.45) is 0 Å². The van der Waals surface area contributed by atoms with E-state index in [9.17, 15) is 4.79 Å². The lowest BCUT2D eigenvalue weighted by molar-refractivity contribution is 0.0378. The molecule has 0 radical (unpaired) electrons. The second kappa shape index (κ2) is 11.1. The Bertz CT molecular complexity index is 1220. The predicted molar refractivity (Wildman–Crippen MR) is 134 cm³/mol. The maximum absolute atomic E-state index is 15.0. The molecular weight excluding hydrogens is 473 g/mol. The number of hydrogen-bond donors (Lipinski definition) is 4. The molecule has 1 fully saturated rings. The van der Waals surface area contributed by atoms with E-state index in [2.05, 4.69) is 30.5 Å². The molecule has 0 atom stereocenters. The number of morpholine rings is 1. The zero-order valence-corrected chi connectivity index (χ0v) is 20.5. The second-order valence-corrected chi connectivity index (χ2v) is 9.14. The van der Waals surface area contributed by atoms with E-state index in [1.165, 1.54) is 18.5 Å². The number of hydrogen-bond acceptors (Lipinski definition) is 7. The number of nitrogens with zero attached hydrogens (tertiary/aromatic N) is 3. The average Bonchev–Trinajstić information content (AvgIpc) is 3.25. The second-order valence-electron chi connectivity index (χ2n) is 8.70. The van der Waals surface area contributed by atoms with Gasteiger partial charge in [-0.3, -0.25) is 15.1 Å². The highest BCUT2D eigenvalue weighted by Gasteiger charge is 2.21. The van der Waals surface area contributed by atoms with Crippen LogP contribution >= 0.6 is 11.6 Å². The van der Waals surface area contributed by atoms with Crippen molar-refractivity contribution in [1.29, 1.82) is 5.41 Å². The number of H-pyrrole nitrogens is 1. The first kappa shape index (κ1) is 25.0. The highest BCUT2D eigenvalue weighted by Crippen LogP contribution is 2.27. The maximum Gasteiger partial charge on any atom is 0.255 e. The lowest BCUT2D eigenvalue weighted by atomic mass is 10.0. The molecule has 1 saturated heterocycles. The first-order valence-corrected chi connectivity index (χ1v) is 12.0. The molecule has 9 nitrogen and oxygen atoms in total. The van der Waals surface area contributed by atoms with Gasteiger partial charge in [0.1, 0.15) is 17.0 Å². The van der Waals surface area contributed by atoms with Gasteiger partial charge in [0.2, 0.25) is 0 Å². The van der Waals surface area contributed by atoms with Gasteiger partial charge in [0.25, 0.3) is 5.91 Å². The highest BCUT2D eigenvalue weighted by molar-refractivity contribution is 6.31. The van der Waals surface area contributed by atoms with Crippen LogP contribution in [0.4, 0.5) is 10.1 Å². The first-order valence-electron chi connectivity index (χ1n) is 11.6. The van der Waals surface area contributed by atoms with Crippen molar-refractivity contribution in [2.75, 3.05) is 44.7 Å². The fourth-order valence-electron chi connectivity index (χ4n) is 3.97. The van der Waals surface area contributed by atoms with E-state index in [0.29, 0.717) is 29.0 Å². The normalized spacial score (nSPS) is 14.4. The first-order chi connectivity index (χ1) is 16.8. The molecule has 0 unspecified atom stereocenters. The zero-order chi connectivity index (χ0) is 24.9. The fourth-order valence-corrected chi connectivity index (χ4v) is 4.18. The topological polar surface area (TPSA) is 119 Å². The van der Waals surface area contributed by atoms with Gasteiger partial charge in [0, 0.05) is 42.6 Å². The van der Waals surface area contributed by atoms with Crippen LogP contribution in [0, 0.1) is 11.2 Å². The van der Waals surface area contributed by atoms with Crippen LogP contribution in [0.3, 0.4) is 0 Å². The molecule has 1 aliphatic rings. The molecule has 1 amide bonds. The summed E-state index contributed by atoms with van der Waals surface area (Å²) in [5.41, 5.74) is 1.50. The molecule has 2 aromatic heterocycles. The third-order valence-electron chi connectivity index (χ3n) is 5.68. The number of rotatable bonds is 9. The van der Waals surface area contributed by atoms with Crippen molar-refractivity contribution in [3.05, 3.63) is 52.2 Å². The molecule has 0 bridgehead atoms. The summed E-state index contributed by atoms with van der Waals surface area (Å²) in [5.74, 6) is -0.934. The zero-order valence-electron chi connectivity index (χ0n) is 19.8. The number of carbonyl (C=O) groups is 1. The molecular formula is C24H29ClFN7O2. The Morgan fingerprint density at radius 2 is 2.11 bits per heavy atom. The van der Waals surface area contributed by atoms with Gasteiger partial charge in [-0.25, -0.2) is 14.4 Å². The summed E-state index contributed by atoms with van der Waals surface area (Å²) >= 11 is 6.12. The summed E-state index contributed by atoms with van der Waals surface area (Å²) in [6.45, 7) is 8.47. The third kappa shape index (κ3) is 5.95. The van der Waals surface area contributed by atoms with Crippen molar-refractivity contribution in [3.8, 4) is 0 Å². The van der Waals surface area contributed by atoms with Crippen molar-refractivity contribution < 1.29 is 13.9 Å². The molecule has 0 aliphatic carbocycles. The number of carbonyl (C=O) groups excluding carboxylic acids is 1. The molecule has 35 heavy (non-hydrogen) atoms. The number of halogens is 2. The third-order valence-corrected chi connectivity index (χ3v) is 5.89. The lowest BCUT2D eigenvalue weighted by Crippen LogP contribution is -2.37. The summed E-state index contributed by atoms with van der Waals surface area (Å²) < 4.78 is 20.4. The Labute approximate surface area is 207 Å². The molecule has 0 spiro atoms. The molecule has 0 saturated carbocycles. The highest BCUT2D eigenvalue weighted by atomic mass is 35.5. The predicted octanol–water partition coefficient (Wildman–Crippen LogP) is 3.44. The van der Waals surface area contributed by atoms with Crippen molar-refractivity contribution in [1.82, 2.24) is 25.2 Å². The standard InChI is InChI=1S/C24H29ClFN7O2/c1-14(2)31-24(34)16-12-29-23-22(16)32-19(13-30-23)21(27)20-17(26)10-15(25)11-18(20)28-4-3-5-33-6-8-35-9-7-33/h10-14,27-28H,3-9H2,1-2H3,(H,29,30)(H,31,34). The number of anilines is 1. The summed E-state index contributed by atoms with van der Waals surface area (Å²) in [7, 11) is 0. The molecule has 4 rings (SSSR count). The number of aromatic amines is 1. The van der Waals surface area contributed by atoms with Crippen LogP contribution in [0.25, 0.3) is 11.2 Å². The molecule has 3 aromatic rings. The average molecular weight is 502 g/mol. The van der Waals surface area contributed by atoms with E-state index in [-0.39, 0.29) is 33.9 Å². The van der Waals surface area contributed by atoms with Crippen LogP contribution in [-0.4, -0.2) is 76.9 Å². The maximum atomic E-state index is 15.0. The SMILES string of the molecule is CC(C)NC(=O)c1c[nH]c2ncc(C(=N)c3c(F)cc(Cl)cc3NCCCN3CCOCC3)nc12. The monoisotopic (exact) mass is 501 g/mol. The Kier molecular flexibility index (Phi) is 7.94. The van der Waals surface area contributed by atoms with E-state index in [4.69, 9.17) is 21.7 Å². The molecule has 186 valence electrons. The summed E-state index contributed by atoms with van der Waals surface area (Å²) in [5, 5.41) is 15.0. The van der Waals surface area contributed by atoms with Crippen molar-refractivity contribution >= 4 is 40.1 Å². The van der Waals surface area contributed by atoms with E-state index in [0.717, 1.165) is 39.3 Å². The molecule has 3 heterocycles. The number of nitrogens with one attached hydrogen (secondary N) is 4. The van der Waals surface area contributed by atoms with E-state index in [1.54, 1.807) is 6.07 Å². The molecule has 4 N–H and O–H groups in total. The fraction of sp³-hybridized carbons (Fsp3) is 0.417. The Morgan fingerprint density at radius 3 is 2.86 bits per heavy atom. The van der Waals surface area contributed by atoms with Crippen LogP contribution in [-0.2, 0) is 4.74 Å². The summed E-state index contributed by atoms with van der Waals surface area (Å²) in [6.07, 6.45) is 3.76. The van der Waals surface area contributed by atoms with Crippen molar-refractivity contribution in [2.45, 2.75) is 26.3 Å². The van der Waals surface area contributed by atoms with Crippen LogP contribution in [0.15, 0.2) is 24.5 Å². The minimum atomic E-state index is -0.632. The smallest absolute Gasteiger partial charge is 0.255 e. The van der Waals surface area contributed by atoms with Crippen molar-refractivity contribution in [3.63, 3.8) is 0 Å². The Morgan fingerprint density at radius 1 is 1.34 bits per heavy atom. The van der Waals surface area contributed by atoms with Gasteiger partial charge in [0.15, 0.2) is 5.65 Å². The van der Waals surface area contributed by atoms with Crippen LogP contribution in [0.1, 0.15) is 41.9 Å². The number of benzene rings is 1. The number of amides is 1. The van der Waals surface area contributed by atoms with Gasteiger partial charge in [0.05, 0.1) is 36.2 Å². The molecule has 1 aliphatic heterocycles. The van der Waals surface area contributed by atoms with Crippen LogP contribution < -0.4 is 10.6 Å². The van der Waals surface area contributed by atoms with E-state index in [1.807, 2.05) is 13.8 Å². The number of ether oxygens (including phenoxy) is 1. The Balaban J connectivity index is 1.55. The number of fused-ring (bicyclic) bond motifs is 1. The minimum Gasteiger partial charge on any atom is -0.384 e.